The van der Waals surface area contributed by atoms with Crippen LogP contribution >= 0.6 is 35.0 Å². The number of hydrogen-bond donors (Lipinski definition) is 1. The fourth-order valence-electron chi connectivity index (χ4n) is 2.32. The number of nitrogens with zero attached hydrogens (tertiary/aromatic N) is 1. The van der Waals surface area contributed by atoms with E-state index in [0.717, 1.165) is 17.3 Å². The van der Waals surface area contributed by atoms with Gasteiger partial charge in [0.25, 0.3) is 5.91 Å². The molecule has 1 aliphatic heterocycles. The average Bonchev–Trinajstić information content (AvgIpc) is 2.92. The van der Waals surface area contributed by atoms with Crippen LogP contribution in [0.5, 0.6) is 11.5 Å². The summed E-state index contributed by atoms with van der Waals surface area (Å²) in [6, 6.07) is 10.6. The van der Waals surface area contributed by atoms with Crippen molar-refractivity contribution in [2.75, 3.05) is 7.11 Å². The van der Waals surface area contributed by atoms with Gasteiger partial charge in [0.2, 0.25) is 0 Å². The topological polar surface area (TPSA) is 73.9 Å². The molecule has 0 radical (unpaired) electrons. The third-order valence-electron chi connectivity index (χ3n) is 3.54. The van der Waals surface area contributed by atoms with E-state index < -0.39 is 0 Å². The third kappa shape index (κ3) is 4.15. The second-order valence-corrected chi connectivity index (χ2v) is 7.17. The standard InChI is InChI=1S/C18H14Cl2N2O3S/c1-24-14-4-2-3-10(7-15-17(23)22-18(21)26-15)16(14)25-9-11-5-6-12(19)8-13(11)20/h2-8H,9H2,1H3,(H2,21,22,23)/b15-7+. The molecule has 0 saturated carbocycles. The smallest absolute Gasteiger partial charge is 0.286 e. The zero-order chi connectivity index (χ0) is 18.7. The van der Waals surface area contributed by atoms with Crippen molar-refractivity contribution < 1.29 is 14.3 Å². The largest absolute Gasteiger partial charge is 0.493 e. The first-order valence-corrected chi connectivity index (χ1v) is 9.07. The average molecular weight is 409 g/mol. The van der Waals surface area contributed by atoms with E-state index in [0.29, 0.717) is 32.0 Å². The summed E-state index contributed by atoms with van der Waals surface area (Å²) in [6.45, 7) is 0.215. The number of nitrogens with two attached hydrogens (primary N) is 1. The summed E-state index contributed by atoms with van der Waals surface area (Å²) >= 11 is 13.2. The maximum Gasteiger partial charge on any atom is 0.286 e. The summed E-state index contributed by atoms with van der Waals surface area (Å²) in [5.74, 6) is 0.656. The van der Waals surface area contributed by atoms with Gasteiger partial charge in [-0.25, -0.2) is 0 Å². The Balaban J connectivity index is 1.90. The van der Waals surface area contributed by atoms with Crippen LogP contribution in [0.25, 0.3) is 6.08 Å². The van der Waals surface area contributed by atoms with Gasteiger partial charge in [-0.15, -0.1) is 0 Å². The highest BCUT2D eigenvalue weighted by molar-refractivity contribution is 8.18. The number of halogens is 2. The molecule has 0 saturated heterocycles. The molecule has 2 N–H and O–H groups in total. The molecular weight excluding hydrogens is 395 g/mol. The van der Waals surface area contributed by atoms with Crippen LogP contribution in [0.15, 0.2) is 46.3 Å². The minimum Gasteiger partial charge on any atom is -0.493 e. The van der Waals surface area contributed by atoms with E-state index in [1.165, 1.54) is 0 Å². The SMILES string of the molecule is COc1cccc(/C=C2/SC(N)=NC2=O)c1OCc1ccc(Cl)cc1Cl. The van der Waals surface area contributed by atoms with Crippen LogP contribution < -0.4 is 15.2 Å². The molecule has 0 spiro atoms. The molecule has 3 rings (SSSR count). The van der Waals surface area contributed by atoms with Gasteiger partial charge in [-0.1, -0.05) is 41.4 Å². The van der Waals surface area contributed by atoms with Gasteiger partial charge in [0, 0.05) is 21.2 Å². The molecule has 0 unspecified atom stereocenters. The number of methoxy groups -OCH3 is 1. The van der Waals surface area contributed by atoms with Crippen molar-refractivity contribution in [3.05, 3.63) is 62.5 Å². The molecule has 1 heterocycles. The lowest BCUT2D eigenvalue weighted by Crippen LogP contribution is -2.01. The quantitative estimate of drug-likeness (QED) is 0.736. The molecule has 1 amide bonds. The van der Waals surface area contributed by atoms with Crippen molar-refractivity contribution in [3.8, 4) is 11.5 Å². The van der Waals surface area contributed by atoms with Crippen LogP contribution in [0.3, 0.4) is 0 Å². The number of ether oxygens (including phenoxy) is 2. The van der Waals surface area contributed by atoms with Crippen LogP contribution in [-0.2, 0) is 11.4 Å². The number of carbonyl (C=O) groups is 1. The van der Waals surface area contributed by atoms with Crippen LogP contribution in [0, 0.1) is 0 Å². The Morgan fingerprint density at radius 2 is 2.08 bits per heavy atom. The van der Waals surface area contributed by atoms with Crippen molar-refractivity contribution in [2.24, 2.45) is 10.7 Å². The van der Waals surface area contributed by atoms with Gasteiger partial charge in [-0.05, 0) is 36.0 Å². The number of hydrogen-bond acceptors (Lipinski definition) is 5. The van der Waals surface area contributed by atoms with E-state index in [9.17, 15) is 4.79 Å². The zero-order valence-electron chi connectivity index (χ0n) is 13.7. The monoisotopic (exact) mass is 408 g/mol. The number of aliphatic imine (C=N–C) groups is 1. The van der Waals surface area contributed by atoms with Crippen molar-refractivity contribution >= 4 is 52.1 Å². The van der Waals surface area contributed by atoms with Crippen LogP contribution in [-0.4, -0.2) is 18.2 Å². The molecule has 1 aliphatic rings. The second-order valence-electron chi connectivity index (χ2n) is 5.27. The third-order valence-corrected chi connectivity index (χ3v) is 4.94. The zero-order valence-corrected chi connectivity index (χ0v) is 16.0. The Hall–Kier alpha value is -2.15. The molecule has 26 heavy (non-hydrogen) atoms. The number of rotatable bonds is 5. The predicted octanol–water partition coefficient (Wildman–Crippen LogP) is 4.51. The van der Waals surface area contributed by atoms with Crippen molar-refractivity contribution in [2.45, 2.75) is 6.61 Å². The lowest BCUT2D eigenvalue weighted by atomic mass is 10.1. The van der Waals surface area contributed by atoms with E-state index in [-0.39, 0.29) is 17.7 Å². The minimum atomic E-state index is -0.373. The van der Waals surface area contributed by atoms with E-state index in [1.54, 1.807) is 37.5 Å². The molecule has 2 aromatic carbocycles. The fourth-order valence-corrected chi connectivity index (χ4v) is 3.45. The van der Waals surface area contributed by atoms with Crippen LogP contribution in [0.1, 0.15) is 11.1 Å². The van der Waals surface area contributed by atoms with Crippen LogP contribution in [0.2, 0.25) is 10.0 Å². The number of thioether (sulfide) groups is 1. The van der Waals surface area contributed by atoms with Gasteiger partial charge in [0.1, 0.15) is 6.61 Å². The first kappa shape index (κ1) is 18.6. The molecule has 0 fully saturated rings. The molecule has 5 nitrogen and oxygen atoms in total. The number of benzene rings is 2. The van der Waals surface area contributed by atoms with Crippen molar-refractivity contribution in [1.82, 2.24) is 0 Å². The Morgan fingerprint density at radius 3 is 2.73 bits per heavy atom. The van der Waals surface area contributed by atoms with E-state index >= 15 is 0 Å². The van der Waals surface area contributed by atoms with Crippen molar-refractivity contribution in [3.63, 3.8) is 0 Å². The summed E-state index contributed by atoms with van der Waals surface area (Å²) in [5.41, 5.74) is 7.05. The maximum absolute atomic E-state index is 11.9. The first-order valence-electron chi connectivity index (χ1n) is 7.49. The fraction of sp³-hybridized carbons (Fsp3) is 0.111. The van der Waals surface area contributed by atoms with Gasteiger partial charge in [-0.3, -0.25) is 4.79 Å². The maximum atomic E-state index is 11.9. The molecule has 0 bridgehead atoms. The lowest BCUT2D eigenvalue weighted by Gasteiger charge is -2.14. The number of amides is 1. The summed E-state index contributed by atoms with van der Waals surface area (Å²) in [4.78, 5) is 16.0. The summed E-state index contributed by atoms with van der Waals surface area (Å²) in [5, 5.41) is 1.28. The lowest BCUT2D eigenvalue weighted by molar-refractivity contribution is -0.113. The van der Waals surface area contributed by atoms with Gasteiger partial charge < -0.3 is 15.2 Å². The summed E-state index contributed by atoms with van der Waals surface area (Å²) in [6.07, 6.45) is 1.68. The molecule has 0 aromatic heterocycles. The Morgan fingerprint density at radius 1 is 1.27 bits per heavy atom. The predicted molar refractivity (Wildman–Crippen MR) is 106 cm³/mol. The van der Waals surface area contributed by atoms with E-state index in [2.05, 4.69) is 4.99 Å². The Labute approximate surface area is 164 Å². The van der Waals surface area contributed by atoms with Gasteiger partial charge in [0.15, 0.2) is 16.7 Å². The molecule has 0 atom stereocenters. The molecular formula is C18H14Cl2N2O3S. The highest BCUT2D eigenvalue weighted by Crippen LogP contribution is 2.36. The van der Waals surface area contributed by atoms with E-state index in [1.807, 2.05) is 12.1 Å². The van der Waals surface area contributed by atoms with Gasteiger partial charge in [-0.2, -0.15) is 4.99 Å². The normalized spacial score (nSPS) is 15.3. The second kappa shape index (κ2) is 8.03. The number of para-hydroxylation sites is 1. The van der Waals surface area contributed by atoms with E-state index in [4.69, 9.17) is 38.4 Å². The highest BCUT2D eigenvalue weighted by Gasteiger charge is 2.21. The van der Waals surface area contributed by atoms with Crippen LogP contribution in [0.4, 0.5) is 0 Å². The summed E-state index contributed by atoms with van der Waals surface area (Å²) < 4.78 is 11.3. The minimum absolute atomic E-state index is 0.215. The Bertz CT molecular complexity index is 929. The van der Waals surface area contributed by atoms with Gasteiger partial charge >= 0.3 is 0 Å². The van der Waals surface area contributed by atoms with Gasteiger partial charge in [0.05, 0.1) is 12.0 Å². The Kier molecular flexibility index (Phi) is 5.76. The number of carbonyl (C=O) groups excluding carboxylic acids is 1. The molecule has 134 valence electrons. The van der Waals surface area contributed by atoms with Crippen molar-refractivity contribution in [1.29, 1.82) is 0 Å². The summed E-state index contributed by atoms with van der Waals surface area (Å²) in [7, 11) is 1.55. The first-order chi connectivity index (χ1) is 12.5. The molecule has 0 aliphatic carbocycles. The highest BCUT2D eigenvalue weighted by atomic mass is 35.5. The molecule has 2 aromatic rings. The molecule has 8 heteroatoms. The number of amidine groups is 1.